The van der Waals surface area contributed by atoms with Crippen molar-refractivity contribution in [1.29, 1.82) is 0 Å². The van der Waals surface area contributed by atoms with Crippen LogP contribution in [0, 0.1) is 0 Å². The molecule has 0 aromatic carbocycles. The van der Waals surface area contributed by atoms with Crippen molar-refractivity contribution in [3.05, 3.63) is 0 Å². The molecule has 0 aromatic heterocycles. The summed E-state index contributed by atoms with van der Waals surface area (Å²) in [6, 6.07) is -0.225. The molecule has 0 saturated carbocycles. The fraction of sp³-hybridized carbons (Fsp3) is 0.882. The quantitative estimate of drug-likeness (QED) is 0.687. The lowest BCUT2D eigenvalue weighted by Crippen LogP contribution is -2.39. The maximum Gasteiger partial charge on any atom is 0.305 e. The van der Waals surface area contributed by atoms with Crippen molar-refractivity contribution in [3.63, 3.8) is 0 Å². The number of nitrogens with one attached hydrogen (secondary N) is 1. The summed E-state index contributed by atoms with van der Waals surface area (Å²) < 4.78 is 0. The Morgan fingerprint density at radius 1 is 1.14 bits per heavy atom. The first-order chi connectivity index (χ1) is 10.6. The van der Waals surface area contributed by atoms with Crippen molar-refractivity contribution in [2.75, 3.05) is 19.6 Å². The maximum absolute atomic E-state index is 12.1. The first-order valence-electron chi connectivity index (χ1n) is 8.85. The van der Waals surface area contributed by atoms with Gasteiger partial charge in [0, 0.05) is 19.0 Å². The highest BCUT2D eigenvalue weighted by molar-refractivity contribution is 5.77. The number of hydrogen-bond donors (Lipinski definition) is 2. The van der Waals surface area contributed by atoms with Gasteiger partial charge in [0.15, 0.2) is 0 Å². The Labute approximate surface area is 134 Å². The van der Waals surface area contributed by atoms with Gasteiger partial charge in [-0.05, 0) is 32.4 Å². The van der Waals surface area contributed by atoms with E-state index in [0.29, 0.717) is 6.42 Å². The molecule has 2 N–H and O–H groups in total. The van der Waals surface area contributed by atoms with Crippen LogP contribution in [0.2, 0.25) is 0 Å². The molecule has 1 rings (SSSR count). The Balaban J connectivity index is 2.30. The fourth-order valence-electron chi connectivity index (χ4n) is 2.98. The van der Waals surface area contributed by atoms with Gasteiger partial charge in [-0.25, -0.2) is 0 Å². The SMILES string of the molecule is CCCC[C@@H](CC(=O)O)NC(=O)CCN1CCCCCCC1. The van der Waals surface area contributed by atoms with Crippen LogP contribution in [0.3, 0.4) is 0 Å². The first-order valence-corrected chi connectivity index (χ1v) is 8.85. The normalized spacial score (nSPS) is 18.2. The molecule has 128 valence electrons. The van der Waals surface area contributed by atoms with E-state index in [0.717, 1.165) is 38.9 Å². The molecule has 1 fully saturated rings. The van der Waals surface area contributed by atoms with E-state index >= 15 is 0 Å². The Kier molecular flexibility index (Phi) is 9.87. The molecular weight excluding hydrogens is 280 g/mol. The number of nitrogens with zero attached hydrogens (tertiary/aromatic N) is 1. The zero-order valence-corrected chi connectivity index (χ0v) is 14.0. The van der Waals surface area contributed by atoms with E-state index in [1.807, 2.05) is 0 Å². The van der Waals surface area contributed by atoms with Crippen molar-refractivity contribution < 1.29 is 14.7 Å². The molecular formula is C17H32N2O3. The van der Waals surface area contributed by atoms with Crippen molar-refractivity contribution >= 4 is 11.9 Å². The van der Waals surface area contributed by atoms with E-state index in [4.69, 9.17) is 5.11 Å². The summed E-state index contributed by atoms with van der Waals surface area (Å²) in [6.45, 7) is 5.03. The molecule has 1 amide bonds. The number of hydrogen-bond acceptors (Lipinski definition) is 3. The number of carbonyl (C=O) groups excluding carboxylic acids is 1. The zero-order valence-electron chi connectivity index (χ0n) is 14.0. The van der Waals surface area contributed by atoms with Gasteiger partial charge in [-0.1, -0.05) is 39.0 Å². The molecule has 1 atom stereocenters. The van der Waals surface area contributed by atoms with Crippen LogP contribution in [0.15, 0.2) is 0 Å². The summed E-state index contributed by atoms with van der Waals surface area (Å²) in [5.74, 6) is -0.852. The number of carbonyl (C=O) groups is 2. The van der Waals surface area contributed by atoms with Crippen LogP contribution >= 0.6 is 0 Å². The number of amides is 1. The largest absolute Gasteiger partial charge is 0.481 e. The third-order valence-corrected chi connectivity index (χ3v) is 4.30. The number of aliphatic carboxylic acids is 1. The summed E-state index contributed by atoms with van der Waals surface area (Å²) in [6.07, 6.45) is 9.57. The van der Waals surface area contributed by atoms with E-state index in [1.54, 1.807) is 0 Å². The number of unbranched alkanes of at least 4 members (excludes halogenated alkanes) is 1. The summed E-state index contributed by atoms with van der Waals surface area (Å²) in [4.78, 5) is 25.3. The van der Waals surface area contributed by atoms with Gasteiger partial charge in [-0.15, -0.1) is 0 Å². The first kappa shape index (κ1) is 18.9. The second-order valence-electron chi connectivity index (χ2n) is 6.36. The lowest BCUT2D eigenvalue weighted by Gasteiger charge is -2.24. The highest BCUT2D eigenvalue weighted by Gasteiger charge is 2.16. The van der Waals surface area contributed by atoms with Gasteiger partial charge in [-0.3, -0.25) is 9.59 Å². The molecule has 1 saturated heterocycles. The second kappa shape index (κ2) is 11.5. The van der Waals surface area contributed by atoms with Gasteiger partial charge in [0.25, 0.3) is 0 Å². The Morgan fingerprint density at radius 2 is 1.77 bits per heavy atom. The highest BCUT2D eigenvalue weighted by Crippen LogP contribution is 2.11. The van der Waals surface area contributed by atoms with E-state index in [-0.39, 0.29) is 18.4 Å². The summed E-state index contributed by atoms with van der Waals surface area (Å²) in [5.41, 5.74) is 0. The minimum Gasteiger partial charge on any atom is -0.481 e. The van der Waals surface area contributed by atoms with Crippen LogP contribution in [0.4, 0.5) is 0 Å². The van der Waals surface area contributed by atoms with E-state index < -0.39 is 5.97 Å². The van der Waals surface area contributed by atoms with Crippen LogP contribution in [-0.4, -0.2) is 47.6 Å². The molecule has 0 unspecified atom stereocenters. The van der Waals surface area contributed by atoms with Crippen LogP contribution in [0.5, 0.6) is 0 Å². The monoisotopic (exact) mass is 312 g/mol. The minimum atomic E-state index is -0.842. The Bertz CT molecular complexity index is 326. The Hall–Kier alpha value is -1.10. The van der Waals surface area contributed by atoms with Gasteiger partial charge >= 0.3 is 5.97 Å². The van der Waals surface area contributed by atoms with Crippen molar-refractivity contribution in [1.82, 2.24) is 10.2 Å². The van der Waals surface area contributed by atoms with E-state index in [9.17, 15) is 9.59 Å². The number of carboxylic acid groups (broad SMARTS) is 1. The van der Waals surface area contributed by atoms with E-state index in [2.05, 4.69) is 17.1 Å². The molecule has 1 aliphatic heterocycles. The molecule has 0 aromatic rings. The molecule has 1 aliphatic rings. The lowest BCUT2D eigenvalue weighted by atomic mass is 10.1. The average molecular weight is 312 g/mol. The standard InChI is InChI=1S/C17H32N2O3/c1-2-3-9-15(14-17(21)22)18-16(20)10-13-19-11-7-5-4-6-8-12-19/h15H,2-14H2,1H3,(H,18,20)(H,21,22)/t15-/m0/s1. The molecule has 0 aliphatic carbocycles. The van der Waals surface area contributed by atoms with Gasteiger partial charge in [0.2, 0.25) is 5.91 Å². The zero-order chi connectivity index (χ0) is 16.2. The molecule has 0 radical (unpaired) electrons. The number of carboxylic acids is 1. The third-order valence-electron chi connectivity index (χ3n) is 4.30. The maximum atomic E-state index is 12.1. The van der Waals surface area contributed by atoms with Crippen LogP contribution in [-0.2, 0) is 9.59 Å². The second-order valence-corrected chi connectivity index (χ2v) is 6.36. The molecule has 5 nitrogen and oxygen atoms in total. The minimum absolute atomic E-state index is 0.00980. The summed E-state index contributed by atoms with van der Waals surface area (Å²) >= 11 is 0. The molecule has 5 heteroatoms. The smallest absolute Gasteiger partial charge is 0.305 e. The summed E-state index contributed by atoms with van der Waals surface area (Å²) in [7, 11) is 0. The van der Waals surface area contributed by atoms with Gasteiger partial charge in [0.05, 0.1) is 6.42 Å². The number of rotatable bonds is 9. The topological polar surface area (TPSA) is 69.6 Å². The summed E-state index contributed by atoms with van der Waals surface area (Å²) in [5, 5.41) is 11.8. The van der Waals surface area contributed by atoms with Gasteiger partial charge in [-0.2, -0.15) is 0 Å². The predicted molar refractivity (Wildman–Crippen MR) is 87.9 cm³/mol. The van der Waals surface area contributed by atoms with Crippen LogP contribution in [0.25, 0.3) is 0 Å². The van der Waals surface area contributed by atoms with Crippen LogP contribution < -0.4 is 5.32 Å². The lowest BCUT2D eigenvalue weighted by molar-refractivity contribution is -0.137. The van der Waals surface area contributed by atoms with Crippen LogP contribution in [0.1, 0.15) is 71.1 Å². The van der Waals surface area contributed by atoms with Crippen molar-refractivity contribution in [2.24, 2.45) is 0 Å². The average Bonchev–Trinajstić information content (AvgIpc) is 2.43. The highest BCUT2D eigenvalue weighted by atomic mass is 16.4. The van der Waals surface area contributed by atoms with Crippen molar-refractivity contribution in [3.8, 4) is 0 Å². The third kappa shape index (κ3) is 9.03. The predicted octanol–water partition coefficient (Wildman–Crippen LogP) is 2.79. The van der Waals surface area contributed by atoms with Crippen molar-refractivity contribution in [2.45, 2.75) is 77.2 Å². The number of likely N-dealkylation sites (tertiary alicyclic amines) is 1. The fourth-order valence-corrected chi connectivity index (χ4v) is 2.98. The molecule has 0 spiro atoms. The van der Waals surface area contributed by atoms with E-state index in [1.165, 1.54) is 32.1 Å². The van der Waals surface area contributed by atoms with Gasteiger partial charge in [0.1, 0.15) is 0 Å². The molecule has 0 bridgehead atoms. The molecule has 1 heterocycles. The Morgan fingerprint density at radius 3 is 2.36 bits per heavy atom. The van der Waals surface area contributed by atoms with Gasteiger partial charge < -0.3 is 15.3 Å². The molecule has 22 heavy (non-hydrogen) atoms.